The van der Waals surface area contributed by atoms with Crippen molar-refractivity contribution in [2.75, 3.05) is 32.1 Å². The number of pyridine rings is 1. The van der Waals surface area contributed by atoms with Gasteiger partial charge in [0.15, 0.2) is 5.82 Å². The van der Waals surface area contributed by atoms with Crippen molar-refractivity contribution < 1.29 is 9.53 Å². The van der Waals surface area contributed by atoms with E-state index in [0.29, 0.717) is 36.1 Å². The van der Waals surface area contributed by atoms with E-state index < -0.39 is 0 Å². The third-order valence-corrected chi connectivity index (χ3v) is 6.47. The summed E-state index contributed by atoms with van der Waals surface area (Å²) in [6.45, 7) is 5.36. The van der Waals surface area contributed by atoms with Gasteiger partial charge in [-0.3, -0.25) is 9.69 Å². The van der Waals surface area contributed by atoms with Crippen LogP contribution in [0.15, 0.2) is 67.0 Å². The van der Waals surface area contributed by atoms with Gasteiger partial charge in [0.25, 0.3) is 0 Å². The van der Waals surface area contributed by atoms with Crippen LogP contribution < -0.4 is 10.6 Å². The summed E-state index contributed by atoms with van der Waals surface area (Å²) in [5, 5.41) is 6.67. The summed E-state index contributed by atoms with van der Waals surface area (Å²) in [6, 6.07) is 18.0. The van der Waals surface area contributed by atoms with Gasteiger partial charge in [-0.15, -0.1) is 0 Å². The molecule has 2 N–H and O–H groups in total. The molecule has 1 aromatic carbocycles. The van der Waals surface area contributed by atoms with E-state index in [1.165, 1.54) is 12.7 Å². The minimum atomic E-state index is -0.184. The lowest BCUT2D eigenvalue weighted by atomic mass is 10.1. The fraction of sp³-hybridized carbons (Fsp3) is 0.310. The maximum Gasteiger partial charge on any atom is 0.307 e. The van der Waals surface area contributed by atoms with Crippen LogP contribution in [0.3, 0.4) is 0 Å². The number of carbonyl (C=O) groups is 1. The van der Waals surface area contributed by atoms with Gasteiger partial charge >= 0.3 is 5.97 Å². The molecule has 0 bridgehead atoms. The standard InChI is InChI=1S/C29H32N8O2/c1-20-5-3-8-24(33-20)29-32-12-10-26(36-29)34-25-9-11-31-27(35-25)16-21-6-4-7-22(15-21)18-37-14-13-30-23(19-37)17-28(38)39-2/h3-12,15,23,30H,13-14,16-19H2,1-2H3,(H,31,32,34,35,36). The Bertz CT molecular complexity index is 1430. The first-order valence-electron chi connectivity index (χ1n) is 13.0. The van der Waals surface area contributed by atoms with Crippen LogP contribution in [-0.2, 0) is 22.5 Å². The first-order valence-corrected chi connectivity index (χ1v) is 13.0. The van der Waals surface area contributed by atoms with Crippen molar-refractivity contribution in [1.82, 2.24) is 35.1 Å². The predicted octanol–water partition coefficient (Wildman–Crippen LogP) is 3.31. The zero-order valence-corrected chi connectivity index (χ0v) is 22.2. The highest BCUT2D eigenvalue weighted by Gasteiger charge is 2.22. The molecule has 3 aromatic heterocycles. The minimum absolute atomic E-state index is 0.108. The summed E-state index contributed by atoms with van der Waals surface area (Å²) in [7, 11) is 1.43. The molecule has 10 nitrogen and oxygen atoms in total. The lowest BCUT2D eigenvalue weighted by Gasteiger charge is -2.33. The molecule has 0 aliphatic carbocycles. The molecular formula is C29H32N8O2. The normalized spacial score (nSPS) is 15.6. The number of methoxy groups -OCH3 is 1. The Morgan fingerprint density at radius 3 is 2.67 bits per heavy atom. The molecule has 4 aromatic rings. The van der Waals surface area contributed by atoms with Crippen molar-refractivity contribution in [2.24, 2.45) is 0 Å². The van der Waals surface area contributed by atoms with Crippen LogP contribution in [0.5, 0.6) is 0 Å². The summed E-state index contributed by atoms with van der Waals surface area (Å²) in [4.78, 5) is 36.7. The van der Waals surface area contributed by atoms with E-state index >= 15 is 0 Å². The zero-order valence-electron chi connectivity index (χ0n) is 22.2. The van der Waals surface area contributed by atoms with Crippen LogP contribution in [0, 0.1) is 6.92 Å². The first-order chi connectivity index (χ1) is 19.0. The molecule has 200 valence electrons. The van der Waals surface area contributed by atoms with E-state index in [2.05, 4.69) is 59.7 Å². The third-order valence-electron chi connectivity index (χ3n) is 6.47. The highest BCUT2D eigenvalue weighted by atomic mass is 16.5. The number of aryl methyl sites for hydroxylation is 1. The van der Waals surface area contributed by atoms with Gasteiger partial charge in [-0.2, -0.15) is 0 Å². The van der Waals surface area contributed by atoms with Gasteiger partial charge in [-0.05, 0) is 42.3 Å². The van der Waals surface area contributed by atoms with Gasteiger partial charge in [0, 0.05) is 56.7 Å². The minimum Gasteiger partial charge on any atom is -0.469 e. The topological polar surface area (TPSA) is 118 Å². The molecule has 1 atom stereocenters. The number of nitrogens with one attached hydrogen (secondary N) is 2. The smallest absolute Gasteiger partial charge is 0.307 e. The second-order valence-electron chi connectivity index (χ2n) is 9.58. The van der Waals surface area contributed by atoms with Gasteiger partial charge in [-0.25, -0.2) is 24.9 Å². The SMILES string of the molecule is COC(=O)CC1CN(Cc2cccc(Cc3nccc(Nc4ccnc(-c5cccc(C)n5)n4)n3)c2)CCN1. The molecule has 4 heterocycles. The van der Waals surface area contributed by atoms with Crippen molar-refractivity contribution in [3.05, 3.63) is 89.6 Å². The van der Waals surface area contributed by atoms with Gasteiger partial charge in [-0.1, -0.05) is 30.3 Å². The monoisotopic (exact) mass is 524 g/mol. The van der Waals surface area contributed by atoms with Gasteiger partial charge in [0.05, 0.1) is 13.5 Å². The Morgan fingerprint density at radius 1 is 1.03 bits per heavy atom. The number of hydrogen-bond acceptors (Lipinski definition) is 10. The molecule has 1 unspecified atom stereocenters. The zero-order chi connectivity index (χ0) is 27.0. The van der Waals surface area contributed by atoms with Crippen molar-refractivity contribution in [3.8, 4) is 11.5 Å². The number of nitrogens with zero attached hydrogens (tertiary/aromatic N) is 6. The predicted molar refractivity (Wildman–Crippen MR) is 148 cm³/mol. The molecule has 5 rings (SSSR count). The number of ether oxygens (including phenoxy) is 1. The largest absolute Gasteiger partial charge is 0.469 e. The maximum atomic E-state index is 11.7. The molecule has 0 amide bonds. The van der Waals surface area contributed by atoms with Crippen molar-refractivity contribution in [2.45, 2.75) is 32.4 Å². The van der Waals surface area contributed by atoms with Crippen molar-refractivity contribution in [1.29, 1.82) is 0 Å². The average Bonchev–Trinajstić information content (AvgIpc) is 2.94. The molecule has 1 aliphatic rings. The Morgan fingerprint density at radius 2 is 1.82 bits per heavy atom. The summed E-state index contributed by atoms with van der Waals surface area (Å²) in [5.41, 5.74) is 4.00. The van der Waals surface area contributed by atoms with E-state index in [0.717, 1.165) is 43.1 Å². The van der Waals surface area contributed by atoms with Crippen LogP contribution in [0.4, 0.5) is 11.6 Å². The molecule has 10 heteroatoms. The maximum absolute atomic E-state index is 11.7. The second-order valence-corrected chi connectivity index (χ2v) is 9.58. The number of rotatable bonds is 9. The van der Waals surface area contributed by atoms with E-state index in [4.69, 9.17) is 9.72 Å². The van der Waals surface area contributed by atoms with Crippen LogP contribution in [0.25, 0.3) is 11.5 Å². The Balaban J connectivity index is 1.22. The summed E-state index contributed by atoms with van der Waals surface area (Å²) >= 11 is 0. The molecule has 0 saturated carbocycles. The van der Waals surface area contributed by atoms with E-state index in [-0.39, 0.29) is 12.0 Å². The van der Waals surface area contributed by atoms with Crippen molar-refractivity contribution >= 4 is 17.6 Å². The molecular weight excluding hydrogens is 492 g/mol. The van der Waals surface area contributed by atoms with Crippen LogP contribution in [0.1, 0.15) is 29.1 Å². The third kappa shape index (κ3) is 7.40. The van der Waals surface area contributed by atoms with Gasteiger partial charge in [0.1, 0.15) is 23.2 Å². The Kier molecular flexibility index (Phi) is 8.45. The summed E-state index contributed by atoms with van der Waals surface area (Å²) < 4.78 is 4.83. The molecule has 0 radical (unpaired) electrons. The number of aromatic nitrogens is 5. The highest BCUT2D eigenvalue weighted by molar-refractivity contribution is 5.70. The number of anilines is 2. The number of benzene rings is 1. The lowest BCUT2D eigenvalue weighted by Crippen LogP contribution is -2.51. The fourth-order valence-corrected chi connectivity index (χ4v) is 4.64. The van der Waals surface area contributed by atoms with Crippen LogP contribution in [0.2, 0.25) is 0 Å². The average molecular weight is 525 g/mol. The van der Waals surface area contributed by atoms with Crippen LogP contribution >= 0.6 is 0 Å². The number of hydrogen-bond donors (Lipinski definition) is 2. The Labute approximate surface area is 227 Å². The second kappa shape index (κ2) is 12.5. The summed E-state index contributed by atoms with van der Waals surface area (Å²) in [5.74, 6) is 2.38. The number of carbonyl (C=O) groups excluding carboxylic acids is 1. The van der Waals surface area contributed by atoms with E-state index in [1.54, 1.807) is 18.5 Å². The van der Waals surface area contributed by atoms with Crippen molar-refractivity contribution in [3.63, 3.8) is 0 Å². The fourth-order valence-electron chi connectivity index (χ4n) is 4.64. The van der Waals surface area contributed by atoms with Gasteiger partial charge in [0.2, 0.25) is 0 Å². The highest BCUT2D eigenvalue weighted by Crippen LogP contribution is 2.18. The summed E-state index contributed by atoms with van der Waals surface area (Å²) in [6.07, 6.45) is 4.45. The quantitative estimate of drug-likeness (QED) is 0.316. The van der Waals surface area contributed by atoms with Gasteiger partial charge < -0.3 is 15.4 Å². The van der Waals surface area contributed by atoms with Crippen LogP contribution in [-0.4, -0.2) is 68.6 Å². The molecule has 1 aliphatic heterocycles. The van der Waals surface area contributed by atoms with E-state index in [1.807, 2.05) is 31.2 Å². The Hall–Kier alpha value is -4.28. The molecule has 0 spiro atoms. The number of piperazine rings is 1. The number of esters is 1. The molecule has 39 heavy (non-hydrogen) atoms. The lowest BCUT2D eigenvalue weighted by molar-refractivity contribution is -0.141. The molecule has 1 fully saturated rings. The molecule has 1 saturated heterocycles. The van der Waals surface area contributed by atoms with E-state index in [9.17, 15) is 4.79 Å². The first kappa shape index (κ1) is 26.3.